The van der Waals surface area contributed by atoms with E-state index < -0.39 is 0 Å². The molecule has 0 radical (unpaired) electrons. The molecule has 5 heteroatoms. The molecule has 1 rings (SSSR count). The minimum absolute atomic E-state index is 0. The minimum Gasteiger partial charge on any atom is -0.329 e. The van der Waals surface area contributed by atoms with Crippen LogP contribution < -0.4 is 11.5 Å². The summed E-state index contributed by atoms with van der Waals surface area (Å²) in [6.07, 6.45) is 0. The van der Waals surface area contributed by atoms with E-state index in [9.17, 15) is 0 Å². The Balaban J connectivity index is 0.00000144. The Bertz CT molecular complexity index is 281. The molecule has 0 saturated heterocycles. The molecule has 0 aliphatic heterocycles. The third-order valence-electron chi connectivity index (χ3n) is 1.63. The number of rotatable bonds is 2. The van der Waals surface area contributed by atoms with E-state index in [1.54, 1.807) is 0 Å². The normalized spacial score (nSPS) is 12.0. The van der Waals surface area contributed by atoms with Crippen LogP contribution >= 0.6 is 44.3 Å². The van der Waals surface area contributed by atoms with Gasteiger partial charge in [-0.05, 0) is 49.6 Å². The van der Waals surface area contributed by atoms with Crippen molar-refractivity contribution in [2.24, 2.45) is 11.5 Å². The number of nitrogens with two attached hydrogens (primary N) is 2. The van der Waals surface area contributed by atoms with Crippen LogP contribution in [-0.4, -0.2) is 6.54 Å². The van der Waals surface area contributed by atoms with Crippen LogP contribution in [0.15, 0.2) is 27.1 Å². The van der Waals surface area contributed by atoms with Crippen LogP contribution in [-0.2, 0) is 0 Å². The zero-order chi connectivity index (χ0) is 9.14. The first-order valence-electron chi connectivity index (χ1n) is 3.55. The van der Waals surface area contributed by atoms with Gasteiger partial charge in [0.2, 0.25) is 0 Å². The molecule has 0 aliphatic carbocycles. The molecule has 0 unspecified atom stereocenters. The zero-order valence-corrected chi connectivity index (χ0v) is 10.8. The number of halogens is 3. The average Bonchev–Trinajstić information content (AvgIpc) is 2.08. The summed E-state index contributed by atoms with van der Waals surface area (Å²) in [5.74, 6) is 0. The Morgan fingerprint density at radius 2 is 1.85 bits per heavy atom. The molecule has 1 aromatic rings. The van der Waals surface area contributed by atoms with Crippen molar-refractivity contribution in [1.29, 1.82) is 0 Å². The second-order valence-corrected chi connectivity index (χ2v) is 4.22. The van der Waals surface area contributed by atoms with E-state index in [4.69, 9.17) is 11.5 Å². The van der Waals surface area contributed by atoms with Crippen molar-refractivity contribution in [2.75, 3.05) is 6.54 Å². The zero-order valence-electron chi connectivity index (χ0n) is 6.84. The summed E-state index contributed by atoms with van der Waals surface area (Å²) >= 11 is 6.78. The molecule has 0 spiro atoms. The monoisotopic (exact) mass is 328 g/mol. The second kappa shape index (κ2) is 5.98. The lowest BCUT2D eigenvalue weighted by atomic mass is 10.1. The molecule has 2 nitrogen and oxygen atoms in total. The van der Waals surface area contributed by atoms with Crippen LogP contribution in [0.1, 0.15) is 11.6 Å². The molecule has 0 fully saturated rings. The first kappa shape index (κ1) is 13.4. The lowest BCUT2D eigenvalue weighted by Gasteiger charge is -2.09. The van der Waals surface area contributed by atoms with Gasteiger partial charge in [-0.25, -0.2) is 0 Å². The Morgan fingerprint density at radius 3 is 2.31 bits per heavy atom. The molecule has 0 aromatic heterocycles. The van der Waals surface area contributed by atoms with Crippen molar-refractivity contribution in [3.8, 4) is 0 Å². The summed E-state index contributed by atoms with van der Waals surface area (Å²) in [4.78, 5) is 0. The Labute approximate surface area is 101 Å². The summed E-state index contributed by atoms with van der Waals surface area (Å²) in [6, 6.07) is 5.82. The SMILES string of the molecule is Cl.NC[C@@H](N)c1ccc(Br)c(Br)c1. The van der Waals surface area contributed by atoms with Gasteiger partial charge < -0.3 is 11.5 Å². The molecule has 1 atom stereocenters. The molecule has 13 heavy (non-hydrogen) atoms. The summed E-state index contributed by atoms with van der Waals surface area (Å²) in [5, 5.41) is 0. The summed E-state index contributed by atoms with van der Waals surface area (Å²) in [5.41, 5.74) is 12.2. The maximum absolute atomic E-state index is 5.75. The first-order chi connectivity index (χ1) is 5.65. The number of hydrogen-bond donors (Lipinski definition) is 2. The van der Waals surface area contributed by atoms with Gasteiger partial charge >= 0.3 is 0 Å². The van der Waals surface area contributed by atoms with E-state index in [0.717, 1.165) is 14.5 Å². The molecule has 0 bridgehead atoms. The van der Waals surface area contributed by atoms with Crippen LogP contribution in [0.2, 0.25) is 0 Å². The van der Waals surface area contributed by atoms with E-state index in [1.807, 2.05) is 18.2 Å². The molecule has 1 aromatic carbocycles. The molecular weight excluding hydrogens is 319 g/mol. The van der Waals surface area contributed by atoms with Crippen molar-refractivity contribution in [3.05, 3.63) is 32.7 Å². The van der Waals surface area contributed by atoms with Crippen LogP contribution in [0.3, 0.4) is 0 Å². The van der Waals surface area contributed by atoms with Crippen molar-refractivity contribution >= 4 is 44.3 Å². The molecule has 74 valence electrons. The lowest BCUT2D eigenvalue weighted by Crippen LogP contribution is -2.20. The molecule has 0 amide bonds. The molecule has 4 N–H and O–H groups in total. The van der Waals surface area contributed by atoms with Gasteiger partial charge in [-0.2, -0.15) is 0 Å². The molecular formula is C8H11Br2ClN2. The molecule has 0 aliphatic rings. The largest absolute Gasteiger partial charge is 0.329 e. The van der Waals surface area contributed by atoms with Gasteiger partial charge in [0.15, 0.2) is 0 Å². The third-order valence-corrected chi connectivity index (χ3v) is 3.51. The van der Waals surface area contributed by atoms with E-state index in [2.05, 4.69) is 31.9 Å². The Kier molecular flexibility index (Phi) is 6.16. The van der Waals surface area contributed by atoms with Crippen molar-refractivity contribution in [2.45, 2.75) is 6.04 Å². The maximum Gasteiger partial charge on any atom is 0.0419 e. The fourth-order valence-electron chi connectivity index (χ4n) is 0.879. The van der Waals surface area contributed by atoms with Crippen LogP contribution in [0.4, 0.5) is 0 Å². The third kappa shape index (κ3) is 3.56. The van der Waals surface area contributed by atoms with Gasteiger partial charge in [-0.15, -0.1) is 12.4 Å². The summed E-state index contributed by atoms with van der Waals surface area (Å²) in [6.45, 7) is 0.466. The highest BCUT2D eigenvalue weighted by Gasteiger charge is 2.04. The van der Waals surface area contributed by atoms with Gasteiger partial charge in [-0.1, -0.05) is 6.07 Å². The topological polar surface area (TPSA) is 52.0 Å². The van der Waals surface area contributed by atoms with E-state index in [0.29, 0.717) is 6.54 Å². The fraction of sp³-hybridized carbons (Fsp3) is 0.250. The quantitative estimate of drug-likeness (QED) is 0.876. The highest BCUT2D eigenvalue weighted by atomic mass is 79.9. The average molecular weight is 330 g/mol. The van der Waals surface area contributed by atoms with Crippen LogP contribution in [0.25, 0.3) is 0 Å². The minimum atomic E-state index is -0.0746. The smallest absolute Gasteiger partial charge is 0.0419 e. The highest BCUT2D eigenvalue weighted by molar-refractivity contribution is 9.13. The van der Waals surface area contributed by atoms with Crippen LogP contribution in [0.5, 0.6) is 0 Å². The van der Waals surface area contributed by atoms with Gasteiger partial charge in [0.05, 0.1) is 0 Å². The van der Waals surface area contributed by atoms with Crippen molar-refractivity contribution in [3.63, 3.8) is 0 Å². The maximum atomic E-state index is 5.75. The summed E-state index contributed by atoms with van der Waals surface area (Å²) in [7, 11) is 0. The Morgan fingerprint density at radius 1 is 1.23 bits per heavy atom. The lowest BCUT2D eigenvalue weighted by molar-refractivity contribution is 0.736. The van der Waals surface area contributed by atoms with E-state index in [1.165, 1.54) is 0 Å². The molecule has 0 saturated carbocycles. The number of hydrogen-bond acceptors (Lipinski definition) is 2. The first-order valence-corrected chi connectivity index (χ1v) is 5.14. The fourth-order valence-corrected chi connectivity index (χ4v) is 1.52. The van der Waals surface area contributed by atoms with Gasteiger partial charge in [-0.3, -0.25) is 0 Å². The summed E-state index contributed by atoms with van der Waals surface area (Å²) < 4.78 is 2.03. The van der Waals surface area contributed by atoms with E-state index in [-0.39, 0.29) is 18.4 Å². The Hall–Kier alpha value is 0.390. The van der Waals surface area contributed by atoms with Gasteiger partial charge in [0.25, 0.3) is 0 Å². The van der Waals surface area contributed by atoms with Crippen molar-refractivity contribution < 1.29 is 0 Å². The second-order valence-electron chi connectivity index (χ2n) is 2.52. The highest BCUT2D eigenvalue weighted by Crippen LogP contribution is 2.25. The molecule has 0 heterocycles. The standard InChI is InChI=1S/C8H10Br2N2.ClH/c9-6-2-1-5(3-7(6)10)8(12)4-11;/h1-3,8H,4,11-12H2;1H/t8-;/m1./s1. The predicted octanol–water partition coefficient (Wildman–Crippen LogP) is 2.59. The number of benzene rings is 1. The van der Waals surface area contributed by atoms with E-state index >= 15 is 0 Å². The van der Waals surface area contributed by atoms with Gasteiger partial charge in [0, 0.05) is 21.5 Å². The van der Waals surface area contributed by atoms with Crippen LogP contribution in [0, 0.1) is 0 Å². The van der Waals surface area contributed by atoms with Gasteiger partial charge in [0.1, 0.15) is 0 Å². The predicted molar refractivity (Wildman–Crippen MR) is 65.1 cm³/mol. The van der Waals surface area contributed by atoms with Crippen molar-refractivity contribution in [1.82, 2.24) is 0 Å².